The molecule has 5 amide bonds. The molecular weight excluding hydrogens is 406 g/mol. The molecule has 1 heterocycles. The Morgan fingerprint density at radius 2 is 1.97 bits per heavy atom. The molecule has 1 saturated carbocycles. The average molecular weight is 431 g/mol. The summed E-state index contributed by atoms with van der Waals surface area (Å²) in [6, 6.07) is 4.34. The lowest BCUT2D eigenvalue weighted by molar-refractivity contribution is -0.384. The quantitative estimate of drug-likeness (QED) is 0.373. The molecule has 2 unspecified atom stereocenters. The summed E-state index contributed by atoms with van der Waals surface area (Å²) in [6.07, 6.45) is 1.92. The van der Waals surface area contributed by atoms with Crippen LogP contribution in [0.1, 0.15) is 50.4 Å². The van der Waals surface area contributed by atoms with Crippen LogP contribution < -0.4 is 16.2 Å². The van der Waals surface area contributed by atoms with E-state index in [4.69, 9.17) is 0 Å². The van der Waals surface area contributed by atoms with Crippen LogP contribution >= 0.6 is 0 Å². The lowest BCUT2D eigenvalue weighted by atomic mass is 9.64. The van der Waals surface area contributed by atoms with Crippen molar-refractivity contribution < 1.29 is 24.1 Å². The molecule has 0 radical (unpaired) electrons. The van der Waals surface area contributed by atoms with Gasteiger partial charge in [0, 0.05) is 17.7 Å². The Bertz CT molecular complexity index is 961. The van der Waals surface area contributed by atoms with E-state index >= 15 is 0 Å². The molecule has 11 heteroatoms. The predicted octanol–water partition coefficient (Wildman–Crippen LogP) is 1.49. The Morgan fingerprint density at radius 1 is 1.26 bits per heavy atom. The lowest BCUT2D eigenvalue weighted by Gasteiger charge is -2.43. The van der Waals surface area contributed by atoms with E-state index < -0.39 is 40.8 Å². The number of imide groups is 1. The van der Waals surface area contributed by atoms with E-state index in [0.29, 0.717) is 12.8 Å². The molecule has 1 aliphatic carbocycles. The lowest BCUT2D eigenvalue weighted by Crippen LogP contribution is -2.54. The van der Waals surface area contributed by atoms with Gasteiger partial charge in [0.15, 0.2) is 0 Å². The van der Waals surface area contributed by atoms with Gasteiger partial charge in [-0.3, -0.25) is 40.2 Å². The van der Waals surface area contributed by atoms with Gasteiger partial charge in [-0.1, -0.05) is 26.8 Å². The smallest absolute Gasteiger partial charge is 0.323 e. The predicted molar refractivity (Wildman–Crippen MR) is 108 cm³/mol. The molecule has 1 spiro atoms. The summed E-state index contributed by atoms with van der Waals surface area (Å²) in [5, 5.41) is 13.6. The molecule has 11 nitrogen and oxygen atoms in total. The van der Waals surface area contributed by atoms with Gasteiger partial charge in [0.25, 0.3) is 23.4 Å². The van der Waals surface area contributed by atoms with Crippen molar-refractivity contribution in [2.45, 2.75) is 45.6 Å². The minimum absolute atomic E-state index is 0.0260. The van der Waals surface area contributed by atoms with Crippen LogP contribution in [0.4, 0.5) is 10.5 Å². The summed E-state index contributed by atoms with van der Waals surface area (Å²) in [7, 11) is 0. The third-order valence-electron chi connectivity index (χ3n) is 5.56. The Labute approximate surface area is 178 Å². The highest BCUT2D eigenvalue weighted by Gasteiger charge is 2.56. The molecule has 1 aliphatic heterocycles. The maximum atomic E-state index is 13.0. The van der Waals surface area contributed by atoms with E-state index in [-0.39, 0.29) is 22.6 Å². The molecule has 2 fully saturated rings. The summed E-state index contributed by atoms with van der Waals surface area (Å²) >= 11 is 0. The van der Waals surface area contributed by atoms with Gasteiger partial charge in [0.1, 0.15) is 12.1 Å². The van der Waals surface area contributed by atoms with E-state index in [9.17, 15) is 29.3 Å². The molecule has 2 atom stereocenters. The van der Waals surface area contributed by atoms with Crippen LogP contribution in [0.2, 0.25) is 0 Å². The molecule has 3 N–H and O–H groups in total. The number of nitrogens with one attached hydrogen (secondary N) is 3. The fourth-order valence-corrected chi connectivity index (χ4v) is 4.79. The van der Waals surface area contributed by atoms with Crippen LogP contribution in [0.5, 0.6) is 0 Å². The zero-order chi connectivity index (χ0) is 23.0. The number of carbonyl (C=O) groups excluding carboxylic acids is 4. The number of amides is 5. The number of non-ortho nitro benzene ring substituents is 1. The van der Waals surface area contributed by atoms with E-state index in [1.54, 1.807) is 0 Å². The van der Waals surface area contributed by atoms with Crippen LogP contribution in [-0.2, 0) is 9.59 Å². The SMILES string of the molecule is CC1CC(C)(C)CC2(C1)NC(=O)N(CC(=O)NNC(=O)c1cccc([N+](=O)[O-])c1)C2=O. The number of carbonyl (C=O) groups is 4. The van der Waals surface area contributed by atoms with Crippen molar-refractivity contribution in [2.24, 2.45) is 11.3 Å². The third-order valence-corrected chi connectivity index (χ3v) is 5.56. The molecule has 0 bridgehead atoms. The summed E-state index contributed by atoms with van der Waals surface area (Å²) in [6.45, 7) is 5.56. The molecular formula is C20H25N5O6. The molecule has 31 heavy (non-hydrogen) atoms. The number of nitrogens with zero attached hydrogens (tertiary/aromatic N) is 2. The zero-order valence-corrected chi connectivity index (χ0v) is 17.6. The second-order valence-electron chi connectivity index (χ2n) is 9.07. The topological polar surface area (TPSA) is 151 Å². The zero-order valence-electron chi connectivity index (χ0n) is 17.6. The van der Waals surface area contributed by atoms with Crippen molar-refractivity contribution >= 4 is 29.4 Å². The molecule has 1 aromatic rings. The summed E-state index contributed by atoms with van der Waals surface area (Å²) in [5.74, 6) is -1.76. The van der Waals surface area contributed by atoms with Crippen LogP contribution in [0.3, 0.4) is 0 Å². The van der Waals surface area contributed by atoms with Crippen LogP contribution in [-0.4, -0.2) is 45.7 Å². The fourth-order valence-electron chi connectivity index (χ4n) is 4.79. The summed E-state index contributed by atoms with van der Waals surface area (Å²) in [5.41, 5.74) is 2.81. The van der Waals surface area contributed by atoms with Gasteiger partial charge in [0.2, 0.25) is 0 Å². The van der Waals surface area contributed by atoms with Gasteiger partial charge in [-0.05, 0) is 36.7 Å². The first-order valence-electron chi connectivity index (χ1n) is 9.90. The number of nitro groups is 1. The number of benzene rings is 1. The Morgan fingerprint density at radius 3 is 2.61 bits per heavy atom. The minimum atomic E-state index is -1.02. The third kappa shape index (κ3) is 4.65. The maximum Gasteiger partial charge on any atom is 0.325 e. The number of hydrogen-bond donors (Lipinski definition) is 3. The highest BCUT2D eigenvalue weighted by Crippen LogP contribution is 2.46. The largest absolute Gasteiger partial charge is 0.325 e. The van der Waals surface area contributed by atoms with Gasteiger partial charge in [-0.25, -0.2) is 4.79 Å². The first kappa shape index (κ1) is 22.2. The van der Waals surface area contributed by atoms with Crippen LogP contribution in [0.15, 0.2) is 24.3 Å². The normalized spacial score (nSPS) is 24.6. The molecule has 0 aromatic heterocycles. The van der Waals surface area contributed by atoms with Gasteiger partial charge >= 0.3 is 6.03 Å². The highest BCUT2D eigenvalue weighted by atomic mass is 16.6. The molecule has 3 rings (SSSR count). The standard InChI is InChI=1S/C20H25N5O6/c1-12-8-19(2,3)11-20(9-12)17(28)24(18(29)21-20)10-15(26)22-23-16(27)13-5-4-6-14(7-13)25(30)31/h4-7,12H,8-11H2,1-3H3,(H,21,29)(H,22,26)(H,23,27). The van der Waals surface area contributed by atoms with Gasteiger partial charge in [0.05, 0.1) is 4.92 Å². The summed E-state index contributed by atoms with van der Waals surface area (Å²) in [4.78, 5) is 60.9. The molecule has 166 valence electrons. The van der Waals surface area contributed by atoms with Gasteiger partial charge < -0.3 is 5.32 Å². The van der Waals surface area contributed by atoms with E-state index in [1.807, 2.05) is 20.8 Å². The molecule has 1 aromatic carbocycles. The van der Waals surface area contributed by atoms with Gasteiger partial charge in [-0.15, -0.1) is 0 Å². The van der Waals surface area contributed by atoms with E-state index in [2.05, 4.69) is 16.2 Å². The van der Waals surface area contributed by atoms with Crippen molar-refractivity contribution in [2.75, 3.05) is 6.54 Å². The van der Waals surface area contributed by atoms with E-state index in [0.717, 1.165) is 17.4 Å². The Hall–Kier alpha value is -3.50. The maximum absolute atomic E-state index is 13.0. The Kier molecular flexibility index (Phi) is 5.70. The Balaban J connectivity index is 1.61. The fraction of sp³-hybridized carbons (Fsp3) is 0.500. The number of urea groups is 1. The first-order valence-corrected chi connectivity index (χ1v) is 9.90. The van der Waals surface area contributed by atoms with E-state index in [1.165, 1.54) is 18.2 Å². The monoisotopic (exact) mass is 431 g/mol. The van der Waals surface area contributed by atoms with Crippen molar-refractivity contribution in [3.05, 3.63) is 39.9 Å². The number of hydrogen-bond acceptors (Lipinski definition) is 6. The van der Waals surface area contributed by atoms with Crippen molar-refractivity contribution in [3.8, 4) is 0 Å². The first-order chi connectivity index (χ1) is 14.4. The van der Waals surface area contributed by atoms with Gasteiger partial charge in [-0.2, -0.15) is 0 Å². The second-order valence-corrected chi connectivity index (χ2v) is 9.07. The van der Waals surface area contributed by atoms with Crippen molar-refractivity contribution in [1.29, 1.82) is 0 Å². The van der Waals surface area contributed by atoms with Crippen molar-refractivity contribution in [1.82, 2.24) is 21.1 Å². The number of nitro benzene ring substituents is 1. The highest BCUT2D eigenvalue weighted by molar-refractivity contribution is 6.09. The molecule has 2 aliphatic rings. The summed E-state index contributed by atoms with van der Waals surface area (Å²) < 4.78 is 0. The molecule has 1 saturated heterocycles. The number of rotatable bonds is 4. The van der Waals surface area contributed by atoms with Crippen LogP contribution in [0.25, 0.3) is 0 Å². The van der Waals surface area contributed by atoms with Crippen molar-refractivity contribution in [3.63, 3.8) is 0 Å². The van der Waals surface area contributed by atoms with Crippen LogP contribution in [0, 0.1) is 21.4 Å². The minimum Gasteiger partial charge on any atom is -0.323 e. The second kappa shape index (κ2) is 7.97. The number of hydrazine groups is 1. The average Bonchev–Trinajstić information content (AvgIpc) is 2.87.